The summed E-state index contributed by atoms with van der Waals surface area (Å²) in [5.41, 5.74) is 2.50. The maximum absolute atomic E-state index is 8.54. The van der Waals surface area contributed by atoms with Crippen LogP contribution in [0.15, 0.2) is 12.3 Å². The van der Waals surface area contributed by atoms with E-state index in [1.54, 1.807) is 12.3 Å². The molecule has 0 aromatic carbocycles. The molecule has 3 nitrogen and oxygen atoms in total. The summed E-state index contributed by atoms with van der Waals surface area (Å²) in [5.74, 6) is 0. The number of nitriles is 1. The number of rotatable bonds is 0. The third-order valence-electron chi connectivity index (χ3n) is 1.71. The molecule has 0 bridgehead atoms. The first-order chi connectivity index (χ1) is 5.40. The zero-order chi connectivity index (χ0) is 7.68. The minimum atomic E-state index is 0.592. The van der Waals surface area contributed by atoms with Crippen molar-refractivity contribution < 1.29 is 0 Å². The lowest BCUT2D eigenvalue weighted by molar-refractivity contribution is 1.06. The van der Waals surface area contributed by atoms with Gasteiger partial charge in [0.1, 0.15) is 6.07 Å². The Morgan fingerprint density at radius 1 is 1.64 bits per heavy atom. The minimum absolute atomic E-state index is 0.592. The van der Waals surface area contributed by atoms with Gasteiger partial charge in [-0.15, -0.1) is 12.2 Å². The fourth-order valence-electron chi connectivity index (χ4n) is 1.15. The van der Waals surface area contributed by atoms with Gasteiger partial charge in [-0.25, -0.2) is 0 Å². The van der Waals surface area contributed by atoms with E-state index in [1.807, 2.05) is 6.07 Å². The number of pyridine rings is 1. The van der Waals surface area contributed by atoms with Crippen molar-refractivity contribution in [3.63, 3.8) is 0 Å². The van der Waals surface area contributed by atoms with E-state index < -0.39 is 0 Å². The Bertz CT molecular complexity index is 325. The van der Waals surface area contributed by atoms with Crippen molar-refractivity contribution in [2.45, 2.75) is 6.42 Å². The predicted molar refractivity (Wildman–Crippen MR) is 40.5 cm³/mol. The molecule has 2 rings (SSSR count). The van der Waals surface area contributed by atoms with Gasteiger partial charge in [-0.3, -0.25) is 4.98 Å². The molecule has 54 valence electrons. The van der Waals surface area contributed by atoms with E-state index in [-0.39, 0.29) is 0 Å². The SMILES string of the molecule is N#Cc1cnc2c(c1)[N-]CC2. The molecule has 1 aromatic heterocycles. The molecule has 0 N–H and O–H groups in total. The van der Waals surface area contributed by atoms with Crippen molar-refractivity contribution in [3.8, 4) is 6.07 Å². The van der Waals surface area contributed by atoms with Crippen LogP contribution in [0.2, 0.25) is 0 Å². The zero-order valence-corrected chi connectivity index (χ0v) is 5.91. The molecule has 0 amide bonds. The van der Waals surface area contributed by atoms with E-state index in [4.69, 9.17) is 5.26 Å². The first-order valence-electron chi connectivity index (χ1n) is 3.46. The van der Waals surface area contributed by atoms with Gasteiger partial charge in [0.2, 0.25) is 0 Å². The van der Waals surface area contributed by atoms with Gasteiger partial charge in [0.15, 0.2) is 0 Å². The van der Waals surface area contributed by atoms with Crippen LogP contribution in [0.3, 0.4) is 0 Å². The topological polar surface area (TPSA) is 50.8 Å². The van der Waals surface area contributed by atoms with Crippen molar-refractivity contribution in [3.05, 3.63) is 28.8 Å². The van der Waals surface area contributed by atoms with Crippen LogP contribution in [0.25, 0.3) is 5.32 Å². The third-order valence-corrected chi connectivity index (χ3v) is 1.71. The number of aromatic nitrogens is 1. The predicted octanol–water partition coefficient (Wildman–Crippen LogP) is 1.51. The molecule has 0 radical (unpaired) electrons. The number of hydrogen-bond donors (Lipinski definition) is 0. The molecular weight excluding hydrogens is 138 g/mol. The van der Waals surface area contributed by atoms with Gasteiger partial charge >= 0.3 is 0 Å². The molecule has 0 spiro atoms. The summed E-state index contributed by atoms with van der Waals surface area (Å²) in [6, 6.07) is 3.82. The molecule has 0 atom stereocenters. The van der Waals surface area contributed by atoms with E-state index in [1.165, 1.54) is 0 Å². The Hall–Kier alpha value is -1.56. The van der Waals surface area contributed by atoms with Gasteiger partial charge in [0.25, 0.3) is 0 Å². The summed E-state index contributed by atoms with van der Waals surface area (Å²) in [4.78, 5) is 4.11. The summed E-state index contributed by atoms with van der Waals surface area (Å²) < 4.78 is 0. The first kappa shape index (κ1) is 6.17. The average Bonchev–Trinajstić information content (AvgIpc) is 2.50. The van der Waals surface area contributed by atoms with Crippen molar-refractivity contribution in [1.29, 1.82) is 5.26 Å². The summed E-state index contributed by atoms with van der Waals surface area (Å²) in [5, 5.41) is 12.7. The van der Waals surface area contributed by atoms with E-state index in [0.29, 0.717) is 5.56 Å². The summed E-state index contributed by atoms with van der Waals surface area (Å²) >= 11 is 0. The monoisotopic (exact) mass is 144 g/mol. The van der Waals surface area contributed by atoms with Gasteiger partial charge in [0, 0.05) is 11.9 Å². The van der Waals surface area contributed by atoms with Crippen LogP contribution < -0.4 is 0 Å². The summed E-state index contributed by atoms with van der Waals surface area (Å²) in [6.45, 7) is 0.817. The molecule has 0 aliphatic carbocycles. The normalized spacial score (nSPS) is 13.4. The minimum Gasteiger partial charge on any atom is -0.682 e. The second-order valence-corrected chi connectivity index (χ2v) is 2.43. The van der Waals surface area contributed by atoms with Crippen molar-refractivity contribution in [2.75, 3.05) is 6.54 Å². The van der Waals surface area contributed by atoms with Gasteiger partial charge in [-0.1, -0.05) is 6.07 Å². The standard InChI is InChI=1S/C8H6N3/c9-4-6-3-8-7(11-5-6)1-2-10-8/h3,5H,1-2H2/q-1. The Morgan fingerprint density at radius 2 is 2.55 bits per heavy atom. The van der Waals surface area contributed by atoms with E-state index in [0.717, 1.165) is 24.3 Å². The van der Waals surface area contributed by atoms with Crippen molar-refractivity contribution >= 4 is 5.69 Å². The molecule has 1 aromatic rings. The van der Waals surface area contributed by atoms with Crippen LogP contribution in [-0.2, 0) is 6.42 Å². The van der Waals surface area contributed by atoms with Gasteiger partial charge < -0.3 is 5.32 Å². The van der Waals surface area contributed by atoms with Crippen LogP contribution >= 0.6 is 0 Å². The summed E-state index contributed by atoms with van der Waals surface area (Å²) in [6.07, 6.45) is 2.51. The van der Waals surface area contributed by atoms with Crippen LogP contribution in [0.4, 0.5) is 5.69 Å². The summed E-state index contributed by atoms with van der Waals surface area (Å²) in [7, 11) is 0. The van der Waals surface area contributed by atoms with Crippen LogP contribution in [0.5, 0.6) is 0 Å². The molecular formula is C8H6N3-. The molecule has 2 heterocycles. The van der Waals surface area contributed by atoms with Crippen LogP contribution in [-0.4, -0.2) is 11.5 Å². The van der Waals surface area contributed by atoms with Crippen molar-refractivity contribution in [1.82, 2.24) is 4.98 Å². The second-order valence-electron chi connectivity index (χ2n) is 2.43. The smallest absolute Gasteiger partial charge is 0.101 e. The maximum atomic E-state index is 8.54. The Labute approximate surface area is 64.7 Å². The van der Waals surface area contributed by atoms with E-state index in [9.17, 15) is 0 Å². The molecule has 0 unspecified atom stereocenters. The Morgan fingerprint density at radius 3 is 3.36 bits per heavy atom. The molecule has 0 saturated carbocycles. The molecule has 0 saturated heterocycles. The number of fused-ring (bicyclic) bond motifs is 1. The van der Waals surface area contributed by atoms with Gasteiger partial charge in [-0.2, -0.15) is 5.26 Å². The highest BCUT2D eigenvalue weighted by Gasteiger charge is 2.01. The largest absolute Gasteiger partial charge is 0.682 e. The molecule has 3 heteroatoms. The number of hydrogen-bond acceptors (Lipinski definition) is 2. The third kappa shape index (κ3) is 0.926. The van der Waals surface area contributed by atoms with Crippen LogP contribution in [0, 0.1) is 11.3 Å². The fraction of sp³-hybridized carbons (Fsp3) is 0.250. The lowest BCUT2D eigenvalue weighted by Gasteiger charge is -2.10. The highest BCUT2D eigenvalue weighted by Crippen LogP contribution is 2.29. The van der Waals surface area contributed by atoms with E-state index in [2.05, 4.69) is 10.3 Å². The quantitative estimate of drug-likeness (QED) is 0.554. The lowest BCUT2D eigenvalue weighted by Crippen LogP contribution is -1.84. The zero-order valence-electron chi connectivity index (χ0n) is 5.91. The number of nitrogens with zero attached hydrogens (tertiary/aromatic N) is 3. The highest BCUT2D eigenvalue weighted by molar-refractivity contribution is 5.59. The highest BCUT2D eigenvalue weighted by atomic mass is 14.9. The lowest BCUT2D eigenvalue weighted by atomic mass is 10.2. The van der Waals surface area contributed by atoms with Crippen LogP contribution in [0.1, 0.15) is 11.3 Å². The fourth-order valence-corrected chi connectivity index (χ4v) is 1.15. The Kier molecular flexibility index (Phi) is 1.26. The maximum Gasteiger partial charge on any atom is 0.101 e. The first-order valence-corrected chi connectivity index (χ1v) is 3.46. The average molecular weight is 144 g/mol. The Balaban J connectivity index is 2.51. The van der Waals surface area contributed by atoms with E-state index >= 15 is 0 Å². The molecule has 1 aliphatic rings. The molecule has 11 heavy (non-hydrogen) atoms. The van der Waals surface area contributed by atoms with Crippen molar-refractivity contribution in [2.24, 2.45) is 0 Å². The van der Waals surface area contributed by atoms with Gasteiger partial charge in [-0.05, 0) is 6.42 Å². The van der Waals surface area contributed by atoms with Gasteiger partial charge in [0.05, 0.1) is 5.56 Å². The second kappa shape index (κ2) is 2.24. The molecule has 1 aliphatic heterocycles. The molecule has 0 fully saturated rings.